The van der Waals surface area contributed by atoms with Gasteiger partial charge in [-0.05, 0) is 46.5 Å². The van der Waals surface area contributed by atoms with Crippen LogP contribution in [-0.4, -0.2) is 29.8 Å². The first-order valence-electron chi connectivity index (χ1n) is 10.0. The molecule has 0 radical (unpaired) electrons. The second-order valence-electron chi connectivity index (χ2n) is 7.48. The zero-order valence-electron chi connectivity index (χ0n) is 16.3. The Labute approximate surface area is 170 Å². The van der Waals surface area contributed by atoms with Crippen molar-refractivity contribution in [3.63, 3.8) is 0 Å². The Morgan fingerprint density at radius 3 is 2.48 bits per heavy atom. The number of fused-ring (bicyclic) bond motifs is 1. The molecule has 1 unspecified atom stereocenters. The van der Waals surface area contributed by atoms with E-state index in [2.05, 4.69) is 23.5 Å². The Balaban J connectivity index is 1.44. The molecule has 1 fully saturated rings. The number of hydrogen-bond donors (Lipinski definition) is 2. The molecule has 3 N–H and O–H groups in total. The first-order valence-corrected chi connectivity index (χ1v) is 10.0. The molecule has 4 rings (SSSR count). The van der Waals surface area contributed by atoms with E-state index >= 15 is 0 Å². The lowest BCUT2D eigenvalue weighted by molar-refractivity contribution is -0.128. The molecular formula is C24H25N3O2. The zero-order valence-corrected chi connectivity index (χ0v) is 16.3. The summed E-state index contributed by atoms with van der Waals surface area (Å²) in [6.07, 6.45) is 1.56. The Bertz CT molecular complexity index is 1030. The van der Waals surface area contributed by atoms with Crippen molar-refractivity contribution in [2.24, 2.45) is 5.73 Å². The number of hydrogen-bond acceptors (Lipinski definition) is 3. The van der Waals surface area contributed by atoms with Crippen molar-refractivity contribution in [2.75, 3.05) is 13.1 Å². The number of likely N-dealkylation sites (tertiary alicyclic amines) is 1. The lowest BCUT2D eigenvalue weighted by Gasteiger charge is -2.19. The van der Waals surface area contributed by atoms with E-state index in [4.69, 9.17) is 5.73 Å². The minimum atomic E-state index is -0.256. The van der Waals surface area contributed by atoms with Gasteiger partial charge in [0.2, 0.25) is 5.91 Å². The number of amides is 2. The largest absolute Gasteiger partial charge is 0.344 e. The summed E-state index contributed by atoms with van der Waals surface area (Å²) in [6.45, 7) is 1.73. The van der Waals surface area contributed by atoms with Crippen molar-refractivity contribution in [2.45, 2.75) is 25.4 Å². The number of nitrogens with zero attached hydrogens (tertiary/aromatic N) is 1. The molecule has 148 valence electrons. The monoisotopic (exact) mass is 387 g/mol. The average molecular weight is 387 g/mol. The van der Waals surface area contributed by atoms with Crippen LogP contribution in [0.2, 0.25) is 0 Å². The summed E-state index contributed by atoms with van der Waals surface area (Å²) in [7, 11) is 0. The Kier molecular flexibility index (Phi) is 5.58. The fourth-order valence-corrected chi connectivity index (χ4v) is 3.80. The van der Waals surface area contributed by atoms with Gasteiger partial charge >= 0.3 is 0 Å². The van der Waals surface area contributed by atoms with E-state index in [0.717, 1.165) is 34.9 Å². The summed E-state index contributed by atoms with van der Waals surface area (Å²) in [5.74, 6) is 0.0467. The standard InChI is InChI=1S/C24H25N3O2/c25-15-22(21-12-11-18-4-1-2-5-20(18)14-21)26-24(29)19-9-7-17(8-10-19)16-27-13-3-6-23(27)28/h1-2,4-5,7-12,14,22H,3,6,13,15-16,25H2,(H,26,29). The van der Waals surface area contributed by atoms with E-state index < -0.39 is 0 Å². The minimum absolute atomic E-state index is 0.155. The van der Waals surface area contributed by atoms with E-state index in [-0.39, 0.29) is 17.9 Å². The Morgan fingerprint density at radius 1 is 1.03 bits per heavy atom. The first kappa shape index (κ1) is 19.2. The van der Waals surface area contributed by atoms with Gasteiger partial charge in [-0.2, -0.15) is 0 Å². The van der Waals surface area contributed by atoms with Crippen LogP contribution in [0, 0.1) is 0 Å². The molecule has 0 spiro atoms. The van der Waals surface area contributed by atoms with Gasteiger partial charge in [-0.15, -0.1) is 0 Å². The maximum absolute atomic E-state index is 12.7. The quantitative estimate of drug-likeness (QED) is 0.681. The molecular weight excluding hydrogens is 362 g/mol. The normalized spacial score (nSPS) is 14.9. The number of rotatable bonds is 6. The number of nitrogens with two attached hydrogens (primary N) is 1. The second-order valence-corrected chi connectivity index (χ2v) is 7.48. The number of benzene rings is 3. The summed E-state index contributed by atoms with van der Waals surface area (Å²) in [5.41, 5.74) is 8.55. The SMILES string of the molecule is NCC(NC(=O)c1ccc(CN2CCCC2=O)cc1)c1ccc2ccccc2c1. The molecule has 2 amide bonds. The van der Waals surface area contributed by atoms with E-state index in [1.165, 1.54) is 0 Å². The third-order valence-electron chi connectivity index (χ3n) is 5.48. The molecule has 5 nitrogen and oxygen atoms in total. The third-order valence-corrected chi connectivity index (χ3v) is 5.48. The van der Waals surface area contributed by atoms with Crippen molar-refractivity contribution < 1.29 is 9.59 Å². The van der Waals surface area contributed by atoms with Crippen LogP contribution < -0.4 is 11.1 Å². The van der Waals surface area contributed by atoms with E-state index in [1.807, 2.05) is 41.3 Å². The molecule has 0 saturated carbocycles. The van der Waals surface area contributed by atoms with Crippen molar-refractivity contribution in [1.29, 1.82) is 0 Å². The smallest absolute Gasteiger partial charge is 0.251 e. The number of nitrogens with one attached hydrogen (secondary N) is 1. The molecule has 0 bridgehead atoms. The van der Waals surface area contributed by atoms with Crippen molar-refractivity contribution in [3.8, 4) is 0 Å². The highest BCUT2D eigenvalue weighted by Gasteiger charge is 2.20. The molecule has 1 aliphatic rings. The van der Waals surface area contributed by atoms with Crippen LogP contribution in [0.4, 0.5) is 0 Å². The highest BCUT2D eigenvalue weighted by Crippen LogP contribution is 2.21. The average Bonchev–Trinajstić information content (AvgIpc) is 3.16. The minimum Gasteiger partial charge on any atom is -0.344 e. The van der Waals surface area contributed by atoms with Gasteiger partial charge < -0.3 is 16.0 Å². The number of carbonyl (C=O) groups excluding carboxylic acids is 2. The second kappa shape index (κ2) is 8.45. The summed E-state index contributed by atoms with van der Waals surface area (Å²) in [4.78, 5) is 26.4. The predicted octanol–water partition coefficient (Wildman–Crippen LogP) is 3.39. The molecule has 5 heteroatoms. The highest BCUT2D eigenvalue weighted by atomic mass is 16.2. The van der Waals surface area contributed by atoms with Gasteiger partial charge in [-0.3, -0.25) is 9.59 Å². The number of carbonyl (C=O) groups is 2. The van der Waals surface area contributed by atoms with Crippen LogP contribution in [0.5, 0.6) is 0 Å². The van der Waals surface area contributed by atoms with E-state index in [1.54, 1.807) is 12.1 Å². The maximum Gasteiger partial charge on any atom is 0.251 e. The Hall–Kier alpha value is -3.18. The van der Waals surface area contributed by atoms with E-state index in [9.17, 15) is 9.59 Å². The summed E-state index contributed by atoms with van der Waals surface area (Å²) >= 11 is 0. The lowest BCUT2D eigenvalue weighted by Crippen LogP contribution is -2.33. The van der Waals surface area contributed by atoms with E-state index in [0.29, 0.717) is 25.1 Å². The Morgan fingerprint density at radius 2 is 1.79 bits per heavy atom. The van der Waals surface area contributed by atoms with Gasteiger partial charge in [0.25, 0.3) is 5.91 Å². The predicted molar refractivity (Wildman–Crippen MR) is 114 cm³/mol. The van der Waals surface area contributed by atoms with Crippen LogP contribution in [0.1, 0.15) is 40.4 Å². The molecule has 1 heterocycles. The summed E-state index contributed by atoms with van der Waals surface area (Å²) in [6, 6.07) is 21.4. The first-order chi connectivity index (χ1) is 14.1. The molecule has 3 aromatic carbocycles. The van der Waals surface area contributed by atoms with Crippen molar-refractivity contribution in [3.05, 3.63) is 83.4 Å². The van der Waals surface area contributed by atoms with Crippen LogP contribution in [-0.2, 0) is 11.3 Å². The van der Waals surface area contributed by atoms with Gasteiger partial charge in [0, 0.05) is 31.6 Å². The van der Waals surface area contributed by atoms with Crippen molar-refractivity contribution >= 4 is 22.6 Å². The fraction of sp³-hybridized carbons (Fsp3) is 0.250. The molecule has 1 saturated heterocycles. The molecule has 0 aromatic heterocycles. The fourth-order valence-electron chi connectivity index (χ4n) is 3.80. The van der Waals surface area contributed by atoms with Gasteiger partial charge in [0.15, 0.2) is 0 Å². The van der Waals surface area contributed by atoms with Crippen LogP contribution in [0.3, 0.4) is 0 Å². The van der Waals surface area contributed by atoms with Gasteiger partial charge in [0.1, 0.15) is 0 Å². The molecule has 1 atom stereocenters. The summed E-state index contributed by atoms with van der Waals surface area (Å²) < 4.78 is 0. The third kappa shape index (κ3) is 4.30. The lowest BCUT2D eigenvalue weighted by atomic mass is 10.0. The van der Waals surface area contributed by atoms with Crippen molar-refractivity contribution in [1.82, 2.24) is 10.2 Å². The maximum atomic E-state index is 12.7. The molecule has 0 aliphatic carbocycles. The van der Waals surface area contributed by atoms with Gasteiger partial charge in [-0.25, -0.2) is 0 Å². The van der Waals surface area contributed by atoms with Crippen LogP contribution in [0.25, 0.3) is 10.8 Å². The summed E-state index contributed by atoms with van der Waals surface area (Å²) in [5, 5.41) is 5.32. The topological polar surface area (TPSA) is 75.4 Å². The molecule has 3 aromatic rings. The van der Waals surface area contributed by atoms with Crippen LogP contribution >= 0.6 is 0 Å². The zero-order chi connectivity index (χ0) is 20.2. The van der Waals surface area contributed by atoms with Gasteiger partial charge in [-0.1, -0.05) is 48.5 Å². The van der Waals surface area contributed by atoms with Crippen LogP contribution in [0.15, 0.2) is 66.7 Å². The molecule has 29 heavy (non-hydrogen) atoms. The highest BCUT2D eigenvalue weighted by molar-refractivity contribution is 5.94. The van der Waals surface area contributed by atoms with Gasteiger partial charge in [0.05, 0.1) is 6.04 Å². The molecule has 1 aliphatic heterocycles.